The van der Waals surface area contributed by atoms with Crippen molar-refractivity contribution in [1.82, 2.24) is 0 Å². The Morgan fingerprint density at radius 2 is 1.68 bits per heavy atom. The molecule has 4 bridgehead atoms. The van der Waals surface area contributed by atoms with Crippen molar-refractivity contribution in [3.05, 3.63) is 0 Å². The number of carbonyl (C=O) groups is 1. The van der Waals surface area contributed by atoms with Crippen LogP contribution in [0.2, 0.25) is 0 Å². The second-order valence-electron chi connectivity index (χ2n) is 8.69. The number of hydrogen-bond donors (Lipinski definition) is 0. The number of ether oxygens (including phenoxy) is 1. The number of carbonyl (C=O) groups excluding carboxylic acids is 1. The van der Waals surface area contributed by atoms with E-state index in [-0.39, 0.29) is 5.97 Å². The summed E-state index contributed by atoms with van der Waals surface area (Å²) < 4.78 is 5.69. The zero-order valence-electron chi connectivity index (χ0n) is 14.6. The number of hydrogen-bond acceptors (Lipinski definition) is 2. The average Bonchev–Trinajstić information content (AvgIpc) is 2.45. The van der Waals surface area contributed by atoms with Gasteiger partial charge in [0, 0.05) is 0 Å². The van der Waals surface area contributed by atoms with Crippen LogP contribution in [0.1, 0.15) is 84.5 Å². The van der Waals surface area contributed by atoms with Crippen LogP contribution in [-0.4, -0.2) is 12.6 Å². The fraction of sp³-hybridized carbons (Fsp3) is 0.950. The molecule has 2 heteroatoms. The first kappa shape index (κ1) is 16.3. The minimum absolute atomic E-state index is 0.0944. The van der Waals surface area contributed by atoms with Gasteiger partial charge in [-0.1, -0.05) is 33.1 Å². The highest BCUT2D eigenvalue weighted by Gasteiger charge is 2.51. The van der Waals surface area contributed by atoms with Gasteiger partial charge in [0.05, 0.1) is 13.0 Å². The molecule has 4 aliphatic carbocycles. The molecule has 0 aromatic heterocycles. The molecule has 0 unspecified atom stereocenters. The predicted molar refractivity (Wildman–Crippen MR) is 89.5 cm³/mol. The van der Waals surface area contributed by atoms with E-state index in [1.54, 1.807) is 0 Å². The molecule has 22 heavy (non-hydrogen) atoms. The third-order valence-electron chi connectivity index (χ3n) is 6.71. The van der Waals surface area contributed by atoms with E-state index >= 15 is 0 Å². The molecule has 4 saturated carbocycles. The normalized spacial score (nSPS) is 37.3. The standard InChI is InChI=1S/C20H34O2/c1-3-5-6-15(4-2)14-22-19(21)13-20-10-16-7-17(11-20)9-18(8-16)12-20/h15-18H,3-14H2,1-2H3/t15-,16?,17?,18?,20?/m0/s1. The lowest BCUT2D eigenvalue weighted by Gasteiger charge is -2.56. The highest BCUT2D eigenvalue weighted by molar-refractivity contribution is 5.70. The van der Waals surface area contributed by atoms with E-state index < -0.39 is 0 Å². The smallest absolute Gasteiger partial charge is 0.306 e. The van der Waals surface area contributed by atoms with E-state index in [4.69, 9.17) is 4.74 Å². The van der Waals surface area contributed by atoms with E-state index in [1.165, 1.54) is 57.8 Å². The highest BCUT2D eigenvalue weighted by atomic mass is 16.5. The average molecular weight is 306 g/mol. The molecule has 126 valence electrons. The SMILES string of the molecule is CCCC[C@H](CC)COC(=O)CC12CC3CC(CC(C3)C1)C2. The van der Waals surface area contributed by atoms with Gasteiger partial charge in [-0.2, -0.15) is 0 Å². The Balaban J connectivity index is 1.47. The van der Waals surface area contributed by atoms with E-state index in [9.17, 15) is 4.79 Å². The quantitative estimate of drug-likeness (QED) is 0.565. The Kier molecular flexibility index (Phi) is 5.14. The van der Waals surface area contributed by atoms with E-state index in [2.05, 4.69) is 13.8 Å². The minimum Gasteiger partial charge on any atom is -0.465 e. The first-order valence-electron chi connectivity index (χ1n) is 9.78. The number of unbranched alkanes of at least 4 members (excludes halogenated alkanes) is 1. The molecule has 0 spiro atoms. The van der Waals surface area contributed by atoms with Gasteiger partial charge in [0.1, 0.15) is 0 Å². The molecule has 2 nitrogen and oxygen atoms in total. The summed E-state index contributed by atoms with van der Waals surface area (Å²) in [7, 11) is 0. The number of rotatable bonds is 8. The van der Waals surface area contributed by atoms with Gasteiger partial charge in [0.15, 0.2) is 0 Å². The van der Waals surface area contributed by atoms with E-state index in [1.807, 2.05) is 0 Å². The molecule has 0 aliphatic heterocycles. The molecule has 4 fully saturated rings. The summed E-state index contributed by atoms with van der Waals surface area (Å²) in [5.74, 6) is 3.43. The molecule has 0 aromatic carbocycles. The Labute approximate surface area is 136 Å². The van der Waals surface area contributed by atoms with Gasteiger partial charge < -0.3 is 4.74 Å². The van der Waals surface area contributed by atoms with Gasteiger partial charge >= 0.3 is 5.97 Å². The molecule has 4 rings (SSSR count). The van der Waals surface area contributed by atoms with Crippen molar-refractivity contribution < 1.29 is 9.53 Å². The maximum absolute atomic E-state index is 12.4. The van der Waals surface area contributed by atoms with Crippen LogP contribution < -0.4 is 0 Å². The van der Waals surface area contributed by atoms with Crippen molar-refractivity contribution in [1.29, 1.82) is 0 Å². The lowest BCUT2D eigenvalue weighted by atomic mass is 9.49. The fourth-order valence-electron chi connectivity index (χ4n) is 5.97. The Morgan fingerprint density at radius 1 is 1.09 bits per heavy atom. The summed E-state index contributed by atoms with van der Waals surface area (Å²) in [5, 5.41) is 0. The zero-order valence-corrected chi connectivity index (χ0v) is 14.6. The Bertz CT molecular complexity index is 352. The molecule has 0 saturated heterocycles. The second-order valence-corrected chi connectivity index (χ2v) is 8.69. The summed E-state index contributed by atoms with van der Waals surface area (Å²) >= 11 is 0. The van der Waals surface area contributed by atoms with Gasteiger partial charge in [0.25, 0.3) is 0 Å². The first-order valence-corrected chi connectivity index (χ1v) is 9.78. The van der Waals surface area contributed by atoms with Crippen LogP contribution in [0.5, 0.6) is 0 Å². The van der Waals surface area contributed by atoms with Crippen molar-refractivity contribution >= 4 is 5.97 Å². The van der Waals surface area contributed by atoms with Crippen molar-refractivity contribution in [2.24, 2.45) is 29.1 Å². The Hall–Kier alpha value is -0.530. The lowest BCUT2D eigenvalue weighted by Crippen LogP contribution is -2.47. The van der Waals surface area contributed by atoms with Crippen molar-refractivity contribution in [3.8, 4) is 0 Å². The van der Waals surface area contributed by atoms with Gasteiger partial charge in [-0.25, -0.2) is 0 Å². The van der Waals surface area contributed by atoms with Crippen LogP contribution in [0.25, 0.3) is 0 Å². The van der Waals surface area contributed by atoms with Crippen LogP contribution in [0.3, 0.4) is 0 Å². The maximum atomic E-state index is 12.4. The van der Waals surface area contributed by atoms with Crippen molar-refractivity contribution in [2.45, 2.75) is 84.5 Å². The molecule has 4 aliphatic rings. The molecule has 0 radical (unpaired) electrons. The van der Waals surface area contributed by atoms with Gasteiger partial charge in [-0.3, -0.25) is 4.79 Å². The highest BCUT2D eigenvalue weighted by Crippen LogP contribution is 2.61. The van der Waals surface area contributed by atoms with Gasteiger partial charge in [0.2, 0.25) is 0 Å². The maximum Gasteiger partial charge on any atom is 0.306 e. The summed E-state index contributed by atoms with van der Waals surface area (Å²) in [6.45, 7) is 5.10. The number of esters is 1. The molecule has 0 N–H and O–H groups in total. The summed E-state index contributed by atoms with van der Waals surface area (Å²) in [5.41, 5.74) is 0.330. The third-order valence-corrected chi connectivity index (χ3v) is 6.71. The molecule has 0 amide bonds. The summed E-state index contributed by atoms with van der Waals surface area (Å²) in [4.78, 5) is 12.4. The fourth-order valence-corrected chi connectivity index (χ4v) is 5.97. The zero-order chi connectivity index (χ0) is 15.6. The lowest BCUT2D eigenvalue weighted by molar-refractivity contribution is -0.153. The third kappa shape index (κ3) is 3.68. The first-order chi connectivity index (χ1) is 10.6. The van der Waals surface area contributed by atoms with E-state index in [0.717, 1.165) is 24.2 Å². The van der Waals surface area contributed by atoms with Crippen LogP contribution >= 0.6 is 0 Å². The molecular weight excluding hydrogens is 272 g/mol. The van der Waals surface area contributed by atoms with Gasteiger partial charge in [-0.15, -0.1) is 0 Å². The molecule has 0 heterocycles. The second kappa shape index (κ2) is 6.93. The van der Waals surface area contributed by atoms with Gasteiger partial charge in [-0.05, 0) is 74.0 Å². The van der Waals surface area contributed by atoms with E-state index in [0.29, 0.717) is 24.4 Å². The van der Waals surface area contributed by atoms with Crippen LogP contribution in [-0.2, 0) is 9.53 Å². The topological polar surface area (TPSA) is 26.3 Å². The molecule has 0 aromatic rings. The summed E-state index contributed by atoms with van der Waals surface area (Å²) in [6.07, 6.45) is 13.8. The van der Waals surface area contributed by atoms with Crippen LogP contribution in [0, 0.1) is 29.1 Å². The predicted octanol–water partition coefficient (Wildman–Crippen LogP) is 5.35. The van der Waals surface area contributed by atoms with Crippen LogP contribution in [0.4, 0.5) is 0 Å². The minimum atomic E-state index is 0.0944. The largest absolute Gasteiger partial charge is 0.465 e. The molecule has 1 atom stereocenters. The molecular formula is C20H34O2. The monoisotopic (exact) mass is 306 g/mol. The van der Waals surface area contributed by atoms with Crippen molar-refractivity contribution in [2.75, 3.05) is 6.61 Å². The van der Waals surface area contributed by atoms with Crippen LogP contribution in [0.15, 0.2) is 0 Å². The Morgan fingerprint density at radius 3 is 2.18 bits per heavy atom. The van der Waals surface area contributed by atoms with Crippen molar-refractivity contribution in [3.63, 3.8) is 0 Å². The summed E-state index contributed by atoms with van der Waals surface area (Å²) in [6, 6.07) is 0.